The lowest BCUT2D eigenvalue weighted by atomic mass is 9.67. The zero-order valence-electron chi connectivity index (χ0n) is 33.1. The Kier molecular flexibility index (Phi) is 8.79. The van der Waals surface area contributed by atoms with Crippen molar-refractivity contribution in [3.05, 3.63) is 271 Å². The van der Waals surface area contributed by atoms with Gasteiger partial charge in [-0.1, -0.05) is 206 Å². The summed E-state index contributed by atoms with van der Waals surface area (Å²) in [4.78, 5) is 2.43. The quantitative estimate of drug-likeness (QED) is 0.149. The van der Waals surface area contributed by atoms with E-state index in [1.165, 1.54) is 77.5 Å². The highest BCUT2D eigenvalue weighted by Crippen LogP contribution is 2.57. The molecule has 0 radical (unpaired) electrons. The van der Waals surface area contributed by atoms with Gasteiger partial charge in [-0.05, 0) is 120 Å². The van der Waals surface area contributed by atoms with Crippen LogP contribution < -0.4 is 4.90 Å². The molecule has 1 nitrogen and oxygen atoms in total. The predicted molar refractivity (Wildman–Crippen MR) is 252 cm³/mol. The summed E-state index contributed by atoms with van der Waals surface area (Å²) in [5, 5.41) is 2.48. The number of hydrogen-bond acceptors (Lipinski definition) is 1. The first-order chi connectivity index (χ1) is 29.7. The van der Waals surface area contributed by atoms with Crippen LogP contribution in [0, 0.1) is 0 Å². The van der Waals surface area contributed by atoms with Gasteiger partial charge in [-0.2, -0.15) is 0 Å². The molecule has 60 heavy (non-hydrogen) atoms. The van der Waals surface area contributed by atoms with Crippen molar-refractivity contribution in [3.63, 3.8) is 0 Å². The summed E-state index contributed by atoms with van der Waals surface area (Å²) in [7, 11) is 0. The molecule has 0 spiro atoms. The minimum atomic E-state index is -0.501. The van der Waals surface area contributed by atoms with E-state index < -0.39 is 5.41 Å². The Labute approximate surface area is 352 Å². The minimum absolute atomic E-state index is 0.501. The molecule has 10 aromatic rings. The summed E-state index contributed by atoms with van der Waals surface area (Å²) >= 11 is 0. The van der Waals surface area contributed by atoms with Gasteiger partial charge < -0.3 is 4.90 Å². The van der Waals surface area contributed by atoms with Crippen molar-refractivity contribution in [1.82, 2.24) is 0 Å². The second kappa shape index (κ2) is 14.9. The van der Waals surface area contributed by atoms with Crippen LogP contribution in [0.1, 0.15) is 22.3 Å². The Hall–Kier alpha value is -7.74. The number of rotatable bonds is 8. The van der Waals surface area contributed by atoms with E-state index in [1.807, 2.05) is 0 Å². The molecule has 282 valence electrons. The van der Waals surface area contributed by atoms with Crippen molar-refractivity contribution in [3.8, 4) is 44.5 Å². The first kappa shape index (κ1) is 35.4. The topological polar surface area (TPSA) is 3.24 Å². The van der Waals surface area contributed by atoms with Crippen molar-refractivity contribution >= 4 is 27.8 Å². The summed E-state index contributed by atoms with van der Waals surface area (Å²) in [5.41, 5.74) is 17.6. The lowest BCUT2D eigenvalue weighted by Gasteiger charge is -2.35. The number of benzene rings is 10. The summed E-state index contributed by atoms with van der Waals surface area (Å²) in [6.45, 7) is 0. The van der Waals surface area contributed by atoms with Crippen molar-refractivity contribution < 1.29 is 0 Å². The van der Waals surface area contributed by atoms with Crippen LogP contribution in [0.5, 0.6) is 0 Å². The molecule has 10 aromatic carbocycles. The highest BCUT2D eigenvalue weighted by atomic mass is 15.1. The van der Waals surface area contributed by atoms with Gasteiger partial charge in [-0.3, -0.25) is 0 Å². The van der Waals surface area contributed by atoms with Crippen molar-refractivity contribution in [2.45, 2.75) is 5.41 Å². The third-order valence-corrected chi connectivity index (χ3v) is 12.3. The largest absolute Gasteiger partial charge is 0.310 e. The molecule has 0 aliphatic heterocycles. The average Bonchev–Trinajstić information content (AvgIpc) is 3.63. The standard InChI is InChI=1S/C59H41N/c1-4-15-42(16-5-1)44-27-29-45(30-28-44)46-33-35-52(36-34-46)60(53-24-14-19-48(40-53)49-32-31-43-17-10-11-18-47(43)39-49)54-37-38-56-55-25-12-13-26-57(55)59(58(56)41-54,50-20-6-2-7-21-50)51-22-8-3-9-23-51/h1-41H. The van der Waals surface area contributed by atoms with Gasteiger partial charge in [-0.15, -0.1) is 0 Å². The van der Waals surface area contributed by atoms with Gasteiger partial charge in [0.15, 0.2) is 0 Å². The maximum absolute atomic E-state index is 2.45. The zero-order chi connectivity index (χ0) is 39.9. The Bertz CT molecular complexity index is 3070. The van der Waals surface area contributed by atoms with Crippen molar-refractivity contribution in [2.24, 2.45) is 0 Å². The maximum Gasteiger partial charge on any atom is 0.0714 e. The van der Waals surface area contributed by atoms with Gasteiger partial charge in [-0.25, -0.2) is 0 Å². The molecule has 0 heterocycles. The Morgan fingerprint density at radius 2 is 0.717 bits per heavy atom. The van der Waals surface area contributed by atoms with Gasteiger partial charge in [0.1, 0.15) is 0 Å². The number of anilines is 3. The molecule has 1 heteroatoms. The molecular weight excluding hydrogens is 723 g/mol. The first-order valence-electron chi connectivity index (χ1n) is 20.7. The molecular formula is C59H41N. The summed E-state index contributed by atoms with van der Waals surface area (Å²) in [5.74, 6) is 0. The van der Waals surface area contributed by atoms with Crippen LogP contribution in [-0.2, 0) is 5.41 Å². The molecule has 0 bridgehead atoms. The van der Waals surface area contributed by atoms with Crippen LogP contribution in [0.15, 0.2) is 249 Å². The molecule has 0 N–H and O–H groups in total. The van der Waals surface area contributed by atoms with E-state index in [0.29, 0.717) is 0 Å². The third-order valence-electron chi connectivity index (χ3n) is 12.3. The van der Waals surface area contributed by atoms with E-state index in [2.05, 4.69) is 254 Å². The number of hydrogen-bond donors (Lipinski definition) is 0. The van der Waals surface area contributed by atoms with Crippen LogP contribution in [-0.4, -0.2) is 0 Å². The van der Waals surface area contributed by atoms with Crippen LogP contribution in [0.25, 0.3) is 55.3 Å². The summed E-state index contributed by atoms with van der Waals surface area (Å²) < 4.78 is 0. The molecule has 0 saturated carbocycles. The molecule has 0 fully saturated rings. The lowest BCUT2D eigenvalue weighted by molar-refractivity contribution is 0.768. The second-order valence-electron chi connectivity index (χ2n) is 15.7. The normalized spacial score (nSPS) is 12.5. The molecule has 0 atom stereocenters. The summed E-state index contributed by atoms with van der Waals surface area (Å²) in [6.07, 6.45) is 0. The molecule has 0 aromatic heterocycles. The van der Waals surface area contributed by atoms with E-state index in [1.54, 1.807) is 0 Å². The zero-order valence-corrected chi connectivity index (χ0v) is 33.1. The van der Waals surface area contributed by atoms with Crippen LogP contribution in [0.3, 0.4) is 0 Å². The summed E-state index contributed by atoms with van der Waals surface area (Å²) in [6, 6.07) is 91.1. The van der Waals surface area contributed by atoms with E-state index in [9.17, 15) is 0 Å². The van der Waals surface area contributed by atoms with Crippen LogP contribution in [0.2, 0.25) is 0 Å². The predicted octanol–water partition coefficient (Wildman–Crippen LogP) is 15.7. The van der Waals surface area contributed by atoms with Gasteiger partial charge >= 0.3 is 0 Å². The van der Waals surface area contributed by atoms with Gasteiger partial charge in [0, 0.05) is 17.1 Å². The highest BCUT2D eigenvalue weighted by molar-refractivity contribution is 5.91. The lowest BCUT2D eigenvalue weighted by Crippen LogP contribution is -2.28. The number of fused-ring (bicyclic) bond motifs is 4. The smallest absolute Gasteiger partial charge is 0.0714 e. The van der Waals surface area contributed by atoms with E-state index >= 15 is 0 Å². The Morgan fingerprint density at radius 1 is 0.250 bits per heavy atom. The molecule has 11 rings (SSSR count). The van der Waals surface area contributed by atoms with E-state index in [4.69, 9.17) is 0 Å². The first-order valence-corrected chi connectivity index (χ1v) is 20.7. The number of nitrogens with zero attached hydrogens (tertiary/aromatic N) is 1. The van der Waals surface area contributed by atoms with Crippen molar-refractivity contribution in [2.75, 3.05) is 4.90 Å². The fourth-order valence-electron chi connectivity index (χ4n) is 9.50. The SMILES string of the molecule is c1ccc(-c2ccc(-c3ccc(N(c4cccc(-c5ccc6ccccc6c5)c4)c4ccc5c(c4)C(c4ccccc4)(c4ccccc4)c4ccccc4-5)cc3)cc2)cc1. The molecule has 0 unspecified atom stereocenters. The van der Waals surface area contributed by atoms with Gasteiger partial charge in [0.25, 0.3) is 0 Å². The van der Waals surface area contributed by atoms with Crippen LogP contribution >= 0.6 is 0 Å². The van der Waals surface area contributed by atoms with Crippen LogP contribution in [0.4, 0.5) is 17.1 Å². The minimum Gasteiger partial charge on any atom is -0.310 e. The van der Waals surface area contributed by atoms with E-state index in [-0.39, 0.29) is 0 Å². The monoisotopic (exact) mass is 763 g/mol. The molecule has 0 saturated heterocycles. The third kappa shape index (κ3) is 6.03. The van der Waals surface area contributed by atoms with E-state index in [0.717, 1.165) is 17.1 Å². The second-order valence-corrected chi connectivity index (χ2v) is 15.7. The van der Waals surface area contributed by atoms with Gasteiger partial charge in [0.2, 0.25) is 0 Å². The van der Waals surface area contributed by atoms with Crippen molar-refractivity contribution in [1.29, 1.82) is 0 Å². The fourth-order valence-corrected chi connectivity index (χ4v) is 9.50. The van der Waals surface area contributed by atoms with Gasteiger partial charge in [0.05, 0.1) is 5.41 Å². The Balaban J connectivity index is 1.08. The average molecular weight is 764 g/mol. The maximum atomic E-state index is 2.45. The molecule has 0 amide bonds. The Morgan fingerprint density at radius 3 is 1.40 bits per heavy atom. The molecule has 1 aliphatic rings. The fraction of sp³-hybridized carbons (Fsp3) is 0.0169. The molecule has 1 aliphatic carbocycles. The highest BCUT2D eigenvalue weighted by Gasteiger charge is 2.46.